The Hall–Kier alpha value is -3.99. The van der Waals surface area contributed by atoms with E-state index in [9.17, 15) is 9.59 Å². The van der Waals surface area contributed by atoms with E-state index < -0.39 is 0 Å². The summed E-state index contributed by atoms with van der Waals surface area (Å²) in [7, 11) is 3.25. The molecular formula is C32H31ClN4O5S. The van der Waals surface area contributed by atoms with Crippen LogP contribution in [-0.4, -0.2) is 79.3 Å². The second-order valence-corrected chi connectivity index (χ2v) is 11.6. The number of nitrogens with zero attached hydrogens (tertiary/aromatic N) is 4. The van der Waals surface area contributed by atoms with Gasteiger partial charge >= 0.3 is 0 Å². The fraction of sp³-hybridized carbons (Fsp3) is 0.281. The first-order chi connectivity index (χ1) is 21.0. The molecule has 0 bridgehead atoms. The summed E-state index contributed by atoms with van der Waals surface area (Å²) < 4.78 is 18.4. The van der Waals surface area contributed by atoms with Crippen LogP contribution >= 0.6 is 23.4 Å². The van der Waals surface area contributed by atoms with Gasteiger partial charge in [-0.2, -0.15) is 5.10 Å². The summed E-state index contributed by atoms with van der Waals surface area (Å²) in [4.78, 5) is 31.0. The van der Waals surface area contributed by atoms with Crippen molar-refractivity contribution in [1.29, 1.82) is 0 Å². The van der Waals surface area contributed by atoms with Crippen LogP contribution in [0.4, 0.5) is 5.82 Å². The van der Waals surface area contributed by atoms with Crippen molar-refractivity contribution in [2.45, 2.75) is 5.25 Å². The lowest BCUT2D eigenvalue weighted by Crippen LogP contribution is -2.48. The molecule has 2 aliphatic rings. The van der Waals surface area contributed by atoms with Gasteiger partial charge < -0.3 is 19.1 Å². The Kier molecular flexibility index (Phi) is 8.60. The highest BCUT2D eigenvalue weighted by molar-refractivity contribution is 8.00. The van der Waals surface area contributed by atoms with E-state index in [2.05, 4.69) is 0 Å². The van der Waals surface area contributed by atoms with Crippen LogP contribution in [0.2, 0.25) is 5.02 Å². The minimum absolute atomic E-state index is 0.118. The number of hydrogen-bond acceptors (Lipinski definition) is 7. The fourth-order valence-corrected chi connectivity index (χ4v) is 6.77. The first kappa shape index (κ1) is 29.1. The Bertz CT molecular complexity index is 1620. The van der Waals surface area contributed by atoms with E-state index >= 15 is 0 Å². The van der Waals surface area contributed by atoms with Gasteiger partial charge in [-0.15, -0.1) is 11.8 Å². The van der Waals surface area contributed by atoms with Crippen molar-refractivity contribution in [1.82, 2.24) is 14.7 Å². The number of methoxy groups -OCH3 is 2. The van der Waals surface area contributed by atoms with Crippen LogP contribution < -0.4 is 14.4 Å². The molecule has 43 heavy (non-hydrogen) atoms. The second kappa shape index (κ2) is 12.7. The van der Waals surface area contributed by atoms with E-state index in [1.165, 1.54) is 11.8 Å². The SMILES string of the molecule is COc1ccc(-n2nc(-c3ccc(Cl)cc3)c3c2N(CC(=O)N2CCOCC2)C(=O)CS[C@@H]3c2ccccc2OC)cc1. The number of aromatic nitrogens is 2. The van der Waals surface area contributed by atoms with E-state index in [0.29, 0.717) is 54.3 Å². The van der Waals surface area contributed by atoms with Gasteiger partial charge in [0.05, 0.1) is 49.8 Å². The van der Waals surface area contributed by atoms with Gasteiger partial charge in [0.2, 0.25) is 11.8 Å². The van der Waals surface area contributed by atoms with Gasteiger partial charge in [0.25, 0.3) is 0 Å². The molecule has 3 heterocycles. The Labute approximate surface area is 259 Å². The first-order valence-electron chi connectivity index (χ1n) is 13.9. The summed E-state index contributed by atoms with van der Waals surface area (Å²) >= 11 is 7.77. The number of ether oxygens (including phenoxy) is 3. The molecule has 1 aromatic heterocycles. The third-order valence-electron chi connectivity index (χ3n) is 7.60. The zero-order valence-corrected chi connectivity index (χ0v) is 25.4. The highest BCUT2D eigenvalue weighted by Gasteiger charge is 2.39. The van der Waals surface area contributed by atoms with Crippen molar-refractivity contribution in [3.05, 3.63) is 88.9 Å². The number of hydrogen-bond donors (Lipinski definition) is 0. The lowest BCUT2D eigenvalue weighted by atomic mass is 9.99. The molecule has 11 heteroatoms. The zero-order valence-electron chi connectivity index (χ0n) is 23.9. The Balaban J connectivity index is 1.60. The third kappa shape index (κ3) is 5.82. The van der Waals surface area contributed by atoms with E-state index in [-0.39, 0.29) is 29.4 Å². The molecule has 3 aromatic carbocycles. The van der Waals surface area contributed by atoms with Gasteiger partial charge in [0.15, 0.2) is 0 Å². The minimum atomic E-state index is -0.323. The highest BCUT2D eigenvalue weighted by Crippen LogP contribution is 2.50. The van der Waals surface area contributed by atoms with E-state index in [0.717, 1.165) is 22.4 Å². The van der Waals surface area contributed by atoms with Gasteiger partial charge in [0.1, 0.15) is 23.9 Å². The highest BCUT2D eigenvalue weighted by atomic mass is 35.5. The molecule has 0 unspecified atom stereocenters. The molecule has 2 amide bonds. The summed E-state index contributed by atoms with van der Waals surface area (Å²) in [5.74, 6) is 1.79. The second-order valence-electron chi connectivity index (χ2n) is 10.1. The molecule has 0 N–H and O–H groups in total. The van der Waals surface area contributed by atoms with Crippen LogP contribution in [0, 0.1) is 0 Å². The number of thioether (sulfide) groups is 1. The van der Waals surface area contributed by atoms with Gasteiger partial charge in [-0.25, -0.2) is 4.68 Å². The number of carbonyl (C=O) groups is 2. The van der Waals surface area contributed by atoms with Crippen LogP contribution in [-0.2, 0) is 14.3 Å². The summed E-state index contributed by atoms with van der Waals surface area (Å²) in [6, 6.07) is 22.8. The standard InChI is InChI=1S/C32H31ClN4O5S/c1-40-24-13-11-23(12-14-24)37-32-29(30(34-37)21-7-9-22(33)10-8-21)31(25-5-3-4-6-26(25)41-2)43-20-28(39)36(32)19-27(38)35-15-17-42-18-16-35/h3-14,31H,15-20H2,1-2H3/t31-/m1/s1. The Morgan fingerprint density at radius 1 is 1.00 bits per heavy atom. The van der Waals surface area contributed by atoms with E-state index in [1.807, 2.05) is 72.8 Å². The molecular weight excluding hydrogens is 588 g/mol. The number of carbonyl (C=O) groups excluding carboxylic acids is 2. The summed E-state index contributed by atoms with van der Waals surface area (Å²) in [6.45, 7) is 1.80. The van der Waals surface area contributed by atoms with Gasteiger partial charge in [-0.1, -0.05) is 41.9 Å². The molecule has 4 aromatic rings. The summed E-state index contributed by atoms with van der Waals surface area (Å²) in [5.41, 5.74) is 3.97. The summed E-state index contributed by atoms with van der Waals surface area (Å²) in [5, 5.41) is 5.42. The number of rotatable bonds is 7. The predicted octanol–water partition coefficient (Wildman–Crippen LogP) is 5.24. The summed E-state index contributed by atoms with van der Waals surface area (Å²) in [6.07, 6.45) is 0. The maximum absolute atomic E-state index is 14.0. The first-order valence-corrected chi connectivity index (χ1v) is 15.3. The fourth-order valence-electron chi connectivity index (χ4n) is 5.42. The van der Waals surface area contributed by atoms with Crippen LogP contribution in [0.5, 0.6) is 11.5 Å². The number of benzene rings is 3. The molecule has 0 saturated carbocycles. The Morgan fingerprint density at radius 3 is 2.42 bits per heavy atom. The largest absolute Gasteiger partial charge is 0.497 e. The lowest BCUT2D eigenvalue weighted by Gasteiger charge is -2.30. The maximum atomic E-state index is 14.0. The number of para-hydroxylation sites is 1. The number of halogens is 1. The molecule has 222 valence electrons. The number of amides is 2. The lowest BCUT2D eigenvalue weighted by molar-refractivity contribution is -0.134. The van der Waals surface area contributed by atoms with E-state index in [4.69, 9.17) is 30.9 Å². The van der Waals surface area contributed by atoms with Gasteiger partial charge in [-0.05, 0) is 42.5 Å². The maximum Gasteiger partial charge on any atom is 0.242 e. The van der Waals surface area contributed by atoms with Crippen molar-refractivity contribution in [3.63, 3.8) is 0 Å². The van der Waals surface area contributed by atoms with Crippen molar-refractivity contribution >= 4 is 41.0 Å². The quantitative estimate of drug-likeness (QED) is 0.280. The molecule has 1 atom stereocenters. The number of morpholine rings is 1. The molecule has 9 nitrogen and oxygen atoms in total. The average Bonchev–Trinajstić information content (AvgIpc) is 3.38. The predicted molar refractivity (Wildman–Crippen MR) is 168 cm³/mol. The van der Waals surface area contributed by atoms with Crippen LogP contribution in [0.3, 0.4) is 0 Å². The zero-order chi connectivity index (χ0) is 29.9. The van der Waals surface area contributed by atoms with Crippen molar-refractivity contribution in [2.24, 2.45) is 0 Å². The minimum Gasteiger partial charge on any atom is -0.497 e. The van der Waals surface area contributed by atoms with E-state index in [1.54, 1.807) is 28.7 Å². The van der Waals surface area contributed by atoms with Crippen molar-refractivity contribution in [2.75, 3.05) is 57.7 Å². The molecule has 0 aliphatic carbocycles. The average molecular weight is 619 g/mol. The van der Waals surface area contributed by atoms with Crippen molar-refractivity contribution in [3.8, 4) is 28.4 Å². The molecule has 0 spiro atoms. The molecule has 1 saturated heterocycles. The third-order valence-corrected chi connectivity index (χ3v) is 9.09. The smallest absolute Gasteiger partial charge is 0.242 e. The van der Waals surface area contributed by atoms with Gasteiger partial charge in [0, 0.05) is 34.8 Å². The molecule has 0 radical (unpaired) electrons. The molecule has 2 aliphatic heterocycles. The molecule has 1 fully saturated rings. The topological polar surface area (TPSA) is 86.1 Å². The van der Waals surface area contributed by atoms with Crippen LogP contribution in [0.15, 0.2) is 72.8 Å². The normalized spacial score (nSPS) is 16.9. The van der Waals surface area contributed by atoms with Crippen LogP contribution in [0.1, 0.15) is 16.4 Å². The monoisotopic (exact) mass is 618 g/mol. The number of fused-ring (bicyclic) bond motifs is 1. The number of anilines is 1. The van der Waals surface area contributed by atoms with Crippen molar-refractivity contribution < 1.29 is 23.8 Å². The van der Waals surface area contributed by atoms with Gasteiger partial charge in [-0.3, -0.25) is 14.5 Å². The van der Waals surface area contributed by atoms with Crippen LogP contribution in [0.25, 0.3) is 16.9 Å². The molecule has 6 rings (SSSR count). The Morgan fingerprint density at radius 2 is 1.72 bits per heavy atom.